The zero-order chi connectivity index (χ0) is 22.8. The smallest absolute Gasteiger partial charge is 0.329 e. The molecular formula is C21H22Cl2N4O4. The first-order chi connectivity index (χ1) is 14.7. The summed E-state index contributed by atoms with van der Waals surface area (Å²) in [5, 5.41) is 9.63. The second-order valence-electron chi connectivity index (χ2n) is 6.84. The van der Waals surface area contributed by atoms with Crippen LogP contribution in [-0.2, 0) is 14.4 Å². The normalized spacial score (nSPS) is 10.7. The molecule has 0 spiro atoms. The van der Waals surface area contributed by atoms with E-state index in [0.29, 0.717) is 33.6 Å². The van der Waals surface area contributed by atoms with Crippen molar-refractivity contribution in [3.05, 3.63) is 58.1 Å². The topological polar surface area (TPSA) is 109 Å². The molecule has 0 heterocycles. The fourth-order valence-electron chi connectivity index (χ4n) is 2.16. The molecule has 31 heavy (non-hydrogen) atoms. The number of carbonyl (C=O) groups excluding carboxylic acids is 3. The van der Waals surface area contributed by atoms with Crippen LogP contribution in [0.3, 0.4) is 0 Å². The van der Waals surface area contributed by atoms with Gasteiger partial charge in [0.25, 0.3) is 5.91 Å². The van der Waals surface area contributed by atoms with E-state index in [9.17, 15) is 14.4 Å². The lowest BCUT2D eigenvalue weighted by Gasteiger charge is -2.08. The number of halogens is 2. The van der Waals surface area contributed by atoms with Gasteiger partial charge in [0.2, 0.25) is 0 Å². The van der Waals surface area contributed by atoms with Crippen LogP contribution in [0.25, 0.3) is 0 Å². The van der Waals surface area contributed by atoms with Crippen LogP contribution in [0.1, 0.15) is 19.4 Å². The molecule has 2 aromatic rings. The Bertz CT molecular complexity index is 962. The lowest BCUT2D eigenvalue weighted by atomic mass is 10.2. The third kappa shape index (κ3) is 8.65. The van der Waals surface area contributed by atoms with Gasteiger partial charge in [0.05, 0.1) is 16.3 Å². The van der Waals surface area contributed by atoms with E-state index in [-0.39, 0.29) is 18.4 Å². The molecular weight excluding hydrogens is 443 g/mol. The number of nitrogens with one attached hydrogen (secondary N) is 3. The summed E-state index contributed by atoms with van der Waals surface area (Å²) < 4.78 is 5.43. The summed E-state index contributed by atoms with van der Waals surface area (Å²) in [6.45, 7) is 4.05. The van der Waals surface area contributed by atoms with Crippen molar-refractivity contribution in [1.29, 1.82) is 0 Å². The van der Waals surface area contributed by atoms with Crippen LogP contribution < -0.4 is 20.8 Å². The molecule has 0 aliphatic rings. The molecule has 3 N–H and O–H groups in total. The highest BCUT2D eigenvalue weighted by Gasteiger charge is 2.12. The van der Waals surface area contributed by atoms with Gasteiger partial charge in [-0.05, 0) is 53.9 Å². The van der Waals surface area contributed by atoms with E-state index >= 15 is 0 Å². The molecule has 0 radical (unpaired) electrons. The van der Waals surface area contributed by atoms with E-state index in [1.807, 2.05) is 13.8 Å². The van der Waals surface area contributed by atoms with E-state index in [4.69, 9.17) is 27.9 Å². The molecule has 8 nitrogen and oxygen atoms in total. The Labute approximate surface area is 189 Å². The second kappa shape index (κ2) is 11.9. The molecule has 0 saturated heterocycles. The van der Waals surface area contributed by atoms with Gasteiger partial charge in [0, 0.05) is 12.2 Å². The van der Waals surface area contributed by atoms with Gasteiger partial charge in [-0.15, -0.1) is 0 Å². The molecule has 10 heteroatoms. The van der Waals surface area contributed by atoms with Crippen molar-refractivity contribution in [3.8, 4) is 5.75 Å². The van der Waals surface area contributed by atoms with Crippen LogP contribution in [0.15, 0.2) is 47.6 Å². The fraction of sp³-hybridized carbons (Fsp3) is 0.238. The summed E-state index contributed by atoms with van der Waals surface area (Å²) in [5.41, 5.74) is 3.33. The summed E-state index contributed by atoms with van der Waals surface area (Å²) in [6.07, 6.45) is 1.38. The minimum Gasteiger partial charge on any atom is -0.484 e. The quantitative estimate of drug-likeness (QED) is 0.316. The molecule has 0 saturated carbocycles. The van der Waals surface area contributed by atoms with Crippen molar-refractivity contribution < 1.29 is 19.1 Å². The van der Waals surface area contributed by atoms with Crippen LogP contribution in [0.4, 0.5) is 5.69 Å². The van der Waals surface area contributed by atoms with Gasteiger partial charge >= 0.3 is 11.8 Å². The van der Waals surface area contributed by atoms with Crippen molar-refractivity contribution in [2.75, 3.05) is 18.5 Å². The van der Waals surface area contributed by atoms with Crippen molar-refractivity contribution >= 4 is 52.8 Å². The summed E-state index contributed by atoms with van der Waals surface area (Å²) in [5.74, 6) is -1.23. The van der Waals surface area contributed by atoms with E-state index in [1.165, 1.54) is 6.21 Å². The van der Waals surface area contributed by atoms with Gasteiger partial charge in [-0.3, -0.25) is 14.4 Å². The van der Waals surface area contributed by atoms with Crippen LogP contribution in [0, 0.1) is 5.92 Å². The van der Waals surface area contributed by atoms with Gasteiger partial charge < -0.3 is 15.4 Å². The number of nitrogens with zero attached hydrogens (tertiary/aromatic N) is 1. The van der Waals surface area contributed by atoms with Gasteiger partial charge in [-0.2, -0.15) is 5.10 Å². The third-order valence-electron chi connectivity index (χ3n) is 3.71. The molecule has 0 unspecified atom stereocenters. The number of anilines is 1. The summed E-state index contributed by atoms with van der Waals surface area (Å²) in [6, 6.07) is 11.4. The Balaban J connectivity index is 1.77. The number of hydrogen-bond acceptors (Lipinski definition) is 5. The maximum Gasteiger partial charge on any atom is 0.329 e. The highest BCUT2D eigenvalue weighted by Crippen LogP contribution is 2.25. The highest BCUT2D eigenvalue weighted by atomic mass is 35.5. The average molecular weight is 465 g/mol. The Morgan fingerprint density at radius 1 is 1.03 bits per heavy atom. The molecule has 0 atom stereocenters. The summed E-state index contributed by atoms with van der Waals surface area (Å²) in [7, 11) is 0. The number of benzene rings is 2. The molecule has 0 aromatic heterocycles. The first kappa shape index (κ1) is 24.2. The standard InChI is InChI=1S/C21H22Cl2N4O4/c1-13(2)10-24-20(29)21(30)27-25-11-14-3-6-16(7-4-14)31-12-19(28)26-15-5-8-17(22)18(23)9-15/h3-9,11,13H,10,12H2,1-2H3,(H,24,29)(H,26,28)(H,27,30)/b25-11-. The van der Waals surface area contributed by atoms with E-state index in [0.717, 1.165) is 0 Å². The monoisotopic (exact) mass is 464 g/mol. The molecule has 2 rings (SSSR count). The van der Waals surface area contributed by atoms with Gasteiger partial charge in [-0.25, -0.2) is 5.43 Å². The summed E-state index contributed by atoms with van der Waals surface area (Å²) >= 11 is 11.7. The number of amides is 3. The molecule has 0 bridgehead atoms. The molecule has 2 aromatic carbocycles. The van der Waals surface area contributed by atoms with Crippen LogP contribution >= 0.6 is 23.2 Å². The number of hydrogen-bond donors (Lipinski definition) is 3. The van der Waals surface area contributed by atoms with Crippen LogP contribution in [-0.4, -0.2) is 37.1 Å². The fourth-order valence-corrected chi connectivity index (χ4v) is 2.46. The number of carbonyl (C=O) groups is 3. The van der Waals surface area contributed by atoms with Crippen molar-refractivity contribution in [1.82, 2.24) is 10.7 Å². The molecule has 0 aliphatic heterocycles. The van der Waals surface area contributed by atoms with Crippen molar-refractivity contribution in [2.24, 2.45) is 11.0 Å². The SMILES string of the molecule is CC(C)CNC(=O)C(=O)N/N=C\c1ccc(OCC(=O)Nc2ccc(Cl)c(Cl)c2)cc1. The zero-order valence-corrected chi connectivity index (χ0v) is 18.5. The maximum atomic E-state index is 12.0. The Kier molecular flexibility index (Phi) is 9.30. The maximum absolute atomic E-state index is 12.0. The van der Waals surface area contributed by atoms with Crippen LogP contribution in [0.2, 0.25) is 10.0 Å². The Hall–Kier alpha value is -3.10. The number of ether oxygens (including phenoxy) is 1. The number of rotatable bonds is 8. The zero-order valence-electron chi connectivity index (χ0n) is 16.9. The first-order valence-electron chi connectivity index (χ1n) is 9.33. The molecule has 0 fully saturated rings. The minimum atomic E-state index is -0.843. The number of hydrazone groups is 1. The van der Waals surface area contributed by atoms with Gasteiger partial charge in [0.15, 0.2) is 6.61 Å². The predicted octanol–water partition coefficient (Wildman–Crippen LogP) is 3.23. The molecule has 0 aliphatic carbocycles. The Morgan fingerprint density at radius 2 is 1.74 bits per heavy atom. The summed E-state index contributed by atoms with van der Waals surface area (Å²) in [4.78, 5) is 35.1. The van der Waals surface area contributed by atoms with Crippen molar-refractivity contribution in [3.63, 3.8) is 0 Å². The van der Waals surface area contributed by atoms with Crippen molar-refractivity contribution in [2.45, 2.75) is 13.8 Å². The highest BCUT2D eigenvalue weighted by molar-refractivity contribution is 6.42. The largest absolute Gasteiger partial charge is 0.484 e. The molecule has 164 valence electrons. The lowest BCUT2D eigenvalue weighted by Crippen LogP contribution is -2.39. The Morgan fingerprint density at radius 3 is 2.39 bits per heavy atom. The van der Waals surface area contributed by atoms with E-state index < -0.39 is 11.8 Å². The van der Waals surface area contributed by atoms with Gasteiger partial charge in [-0.1, -0.05) is 37.0 Å². The lowest BCUT2D eigenvalue weighted by molar-refractivity contribution is -0.139. The first-order valence-corrected chi connectivity index (χ1v) is 10.1. The second-order valence-corrected chi connectivity index (χ2v) is 7.65. The average Bonchev–Trinajstić information content (AvgIpc) is 2.74. The van der Waals surface area contributed by atoms with E-state index in [2.05, 4.69) is 21.2 Å². The predicted molar refractivity (Wildman–Crippen MR) is 121 cm³/mol. The van der Waals surface area contributed by atoms with Crippen LogP contribution in [0.5, 0.6) is 5.75 Å². The minimum absolute atomic E-state index is 0.199. The van der Waals surface area contributed by atoms with Gasteiger partial charge in [0.1, 0.15) is 5.75 Å². The molecule has 3 amide bonds. The third-order valence-corrected chi connectivity index (χ3v) is 4.45. The van der Waals surface area contributed by atoms with E-state index in [1.54, 1.807) is 42.5 Å².